The van der Waals surface area contributed by atoms with Crippen LogP contribution in [0.25, 0.3) is 0 Å². The van der Waals surface area contributed by atoms with Gasteiger partial charge in [-0.25, -0.2) is 0 Å². The third-order valence-corrected chi connectivity index (χ3v) is 4.57. The molecule has 1 aromatic rings. The van der Waals surface area contributed by atoms with Crippen molar-refractivity contribution in [3.05, 3.63) is 28.3 Å². The van der Waals surface area contributed by atoms with E-state index in [1.54, 1.807) is 0 Å². The lowest BCUT2D eigenvalue weighted by atomic mass is 9.91. The van der Waals surface area contributed by atoms with Gasteiger partial charge in [0.05, 0.1) is 7.11 Å². The Morgan fingerprint density at radius 3 is 2.04 bits per heavy atom. The van der Waals surface area contributed by atoms with E-state index in [-0.39, 0.29) is 17.4 Å². The summed E-state index contributed by atoms with van der Waals surface area (Å²) in [6.45, 7) is 16.7. The van der Waals surface area contributed by atoms with E-state index in [1.807, 2.05) is 20.8 Å². The van der Waals surface area contributed by atoms with Crippen molar-refractivity contribution in [3.63, 3.8) is 0 Å². The predicted octanol–water partition coefficient (Wildman–Crippen LogP) is 6.88. The molecule has 0 unspecified atom stereocenters. The molecule has 150 valence electrons. The molecule has 0 atom stereocenters. The van der Waals surface area contributed by atoms with Crippen molar-refractivity contribution in [3.8, 4) is 17.2 Å². The second-order valence-electron chi connectivity index (χ2n) is 7.74. The third-order valence-electron chi connectivity index (χ3n) is 4.57. The van der Waals surface area contributed by atoms with Crippen LogP contribution in [-0.4, -0.2) is 17.3 Å². The van der Waals surface area contributed by atoms with Gasteiger partial charge in [0.1, 0.15) is 5.75 Å². The van der Waals surface area contributed by atoms with E-state index in [1.165, 1.54) is 19.1 Å². The van der Waals surface area contributed by atoms with Crippen molar-refractivity contribution in [2.45, 2.75) is 87.0 Å². The van der Waals surface area contributed by atoms with E-state index in [9.17, 15) is 10.2 Å². The minimum atomic E-state index is 0.158. The summed E-state index contributed by atoms with van der Waals surface area (Å²) in [6.07, 6.45) is 6.15. The monoisotopic (exact) mass is 364 g/mol. The number of methoxy groups -OCH3 is 1. The van der Waals surface area contributed by atoms with Crippen molar-refractivity contribution in [2.24, 2.45) is 5.92 Å². The molecule has 0 saturated heterocycles. The summed E-state index contributed by atoms with van der Waals surface area (Å²) in [5, 5.41) is 20.6. The number of unbranched alkanes of at least 4 members (excludes halogenated alkanes) is 1. The Balaban J connectivity index is 0.000000660. The second kappa shape index (κ2) is 11.9. The van der Waals surface area contributed by atoms with E-state index < -0.39 is 0 Å². The summed E-state index contributed by atoms with van der Waals surface area (Å²) in [5.41, 5.74) is 3.75. The Labute approximate surface area is 161 Å². The smallest absolute Gasteiger partial charge is 0.167 e. The van der Waals surface area contributed by atoms with Crippen LogP contribution >= 0.6 is 0 Å². The van der Waals surface area contributed by atoms with Gasteiger partial charge in [-0.3, -0.25) is 0 Å². The molecular formula is C23H40O3. The molecule has 26 heavy (non-hydrogen) atoms. The first-order valence-corrected chi connectivity index (χ1v) is 9.85. The second-order valence-corrected chi connectivity index (χ2v) is 7.74. The predicted molar refractivity (Wildman–Crippen MR) is 113 cm³/mol. The fraction of sp³-hybridized carbons (Fsp3) is 0.652. The van der Waals surface area contributed by atoms with Gasteiger partial charge in [-0.15, -0.1) is 0 Å². The zero-order valence-corrected chi connectivity index (χ0v) is 18.4. The first-order valence-electron chi connectivity index (χ1n) is 9.85. The number of benzene rings is 1. The maximum atomic E-state index is 10.4. The molecular weight excluding hydrogens is 324 g/mol. The maximum Gasteiger partial charge on any atom is 0.167 e. The quantitative estimate of drug-likeness (QED) is 0.409. The third kappa shape index (κ3) is 6.93. The Kier molecular flexibility index (Phi) is 11.1. The molecule has 0 heterocycles. The number of hydrogen-bond donors (Lipinski definition) is 2. The van der Waals surface area contributed by atoms with Crippen LogP contribution in [0.1, 0.15) is 90.3 Å². The van der Waals surface area contributed by atoms with E-state index in [0.717, 1.165) is 36.3 Å². The summed E-state index contributed by atoms with van der Waals surface area (Å²) in [4.78, 5) is 0. The Morgan fingerprint density at radius 1 is 1.12 bits per heavy atom. The normalized spacial score (nSPS) is 11.6. The number of hydrogen-bond acceptors (Lipinski definition) is 3. The van der Waals surface area contributed by atoms with Crippen molar-refractivity contribution in [1.82, 2.24) is 0 Å². The lowest BCUT2D eigenvalue weighted by Crippen LogP contribution is -2.02. The molecule has 3 heteroatoms. The highest BCUT2D eigenvalue weighted by Gasteiger charge is 2.23. The van der Waals surface area contributed by atoms with Gasteiger partial charge < -0.3 is 14.9 Å². The van der Waals surface area contributed by atoms with Gasteiger partial charge in [0.2, 0.25) is 0 Å². The molecule has 0 radical (unpaired) electrons. The lowest BCUT2D eigenvalue weighted by molar-refractivity contribution is 0.357. The minimum Gasteiger partial charge on any atom is -0.507 e. The zero-order chi connectivity index (χ0) is 20.4. The van der Waals surface area contributed by atoms with Gasteiger partial charge in [0.25, 0.3) is 0 Å². The van der Waals surface area contributed by atoms with E-state index in [4.69, 9.17) is 4.74 Å². The molecule has 0 aromatic heterocycles. The summed E-state index contributed by atoms with van der Waals surface area (Å²) < 4.78 is 5.26. The van der Waals surface area contributed by atoms with Crippen LogP contribution in [-0.2, 0) is 6.42 Å². The van der Waals surface area contributed by atoms with Crippen molar-refractivity contribution >= 4 is 0 Å². The molecule has 0 amide bonds. The summed E-state index contributed by atoms with van der Waals surface area (Å²) in [5.74, 6) is 1.84. The largest absolute Gasteiger partial charge is 0.507 e. The van der Waals surface area contributed by atoms with E-state index in [0.29, 0.717) is 11.3 Å². The highest BCUT2D eigenvalue weighted by molar-refractivity contribution is 5.62. The van der Waals surface area contributed by atoms with E-state index in [2.05, 4.69) is 40.7 Å². The molecule has 1 aromatic carbocycles. The number of phenolic OH excluding ortho intramolecular Hbond substituents is 2. The van der Waals surface area contributed by atoms with Crippen LogP contribution in [0.15, 0.2) is 11.6 Å². The highest BCUT2D eigenvalue weighted by atomic mass is 16.5. The molecule has 0 aliphatic carbocycles. The van der Waals surface area contributed by atoms with Crippen molar-refractivity contribution in [1.29, 1.82) is 0 Å². The van der Waals surface area contributed by atoms with Gasteiger partial charge in [-0.1, -0.05) is 52.7 Å². The van der Waals surface area contributed by atoms with Crippen LogP contribution in [0.5, 0.6) is 17.2 Å². The fourth-order valence-electron chi connectivity index (χ4n) is 3.16. The number of rotatable bonds is 7. The van der Waals surface area contributed by atoms with Crippen LogP contribution < -0.4 is 4.74 Å². The molecule has 0 bridgehead atoms. The van der Waals surface area contributed by atoms with Gasteiger partial charge in [-0.2, -0.15) is 0 Å². The Bertz CT molecular complexity index is 584. The van der Waals surface area contributed by atoms with Crippen LogP contribution in [0.4, 0.5) is 0 Å². The number of allylic oxidation sites excluding steroid dienone is 2. The molecule has 1 rings (SSSR count). The average molecular weight is 365 g/mol. The summed E-state index contributed by atoms with van der Waals surface area (Å²) in [7, 11) is 1.53. The summed E-state index contributed by atoms with van der Waals surface area (Å²) >= 11 is 0. The minimum absolute atomic E-state index is 0.158. The molecule has 0 fully saturated rings. The highest BCUT2D eigenvalue weighted by Crippen LogP contribution is 2.45. The standard InChI is InChI=1S/C15H24O3.C8H16/c1-6-7-8-11-14(17)12(9(2)3)10(4)13(16)15(11)18-5;1-5-8(4)6-7(2)3/h9,16-17H,6-8H2,1-5H3;5,7H,6H2,1-4H3/b;8-5+. The van der Waals surface area contributed by atoms with Crippen molar-refractivity contribution < 1.29 is 14.9 Å². The first-order chi connectivity index (χ1) is 12.1. The first kappa shape index (κ1) is 24.4. The van der Waals surface area contributed by atoms with Crippen LogP contribution in [0, 0.1) is 12.8 Å². The average Bonchev–Trinajstić information content (AvgIpc) is 2.56. The molecule has 0 saturated carbocycles. The molecule has 3 nitrogen and oxygen atoms in total. The molecule has 2 N–H and O–H groups in total. The van der Waals surface area contributed by atoms with Gasteiger partial charge in [0, 0.05) is 16.7 Å². The van der Waals surface area contributed by atoms with E-state index >= 15 is 0 Å². The molecule has 0 spiro atoms. The SMILES string of the molecule is C/C=C(\C)CC(C)C.CCCCc1c(O)c(C(C)C)c(C)c(O)c1OC. The van der Waals surface area contributed by atoms with Crippen LogP contribution in [0.3, 0.4) is 0 Å². The Hall–Kier alpha value is -1.64. The van der Waals surface area contributed by atoms with Gasteiger partial charge in [0.15, 0.2) is 11.5 Å². The molecule has 0 aliphatic rings. The van der Waals surface area contributed by atoms with Gasteiger partial charge >= 0.3 is 0 Å². The zero-order valence-electron chi connectivity index (χ0n) is 18.4. The topological polar surface area (TPSA) is 49.7 Å². The summed E-state index contributed by atoms with van der Waals surface area (Å²) in [6, 6.07) is 0. The number of ether oxygens (including phenoxy) is 1. The molecule has 0 aliphatic heterocycles. The fourth-order valence-corrected chi connectivity index (χ4v) is 3.16. The van der Waals surface area contributed by atoms with Gasteiger partial charge in [-0.05, 0) is 51.9 Å². The number of aromatic hydroxyl groups is 2. The number of phenols is 2. The van der Waals surface area contributed by atoms with Crippen molar-refractivity contribution in [2.75, 3.05) is 7.11 Å². The lowest BCUT2D eigenvalue weighted by Gasteiger charge is -2.20. The Morgan fingerprint density at radius 2 is 1.69 bits per heavy atom. The van der Waals surface area contributed by atoms with Crippen LogP contribution in [0.2, 0.25) is 0 Å². The maximum absolute atomic E-state index is 10.4.